The number of rotatable bonds is 3. The van der Waals surface area contributed by atoms with Crippen molar-refractivity contribution in [3.05, 3.63) is 0 Å². The fraction of sp³-hybridized carbons (Fsp3) is 0.938. The summed E-state index contributed by atoms with van der Waals surface area (Å²) < 4.78 is 0. The highest BCUT2D eigenvalue weighted by Crippen LogP contribution is 2.20. The van der Waals surface area contributed by atoms with E-state index >= 15 is 0 Å². The largest absolute Gasteiger partial charge is 0.393 e. The van der Waals surface area contributed by atoms with Gasteiger partial charge < -0.3 is 10.0 Å². The molecule has 2 aliphatic heterocycles. The van der Waals surface area contributed by atoms with Gasteiger partial charge in [0, 0.05) is 13.1 Å². The minimum atomic E-state index is -0.206. The molecule has 0 radical (unpaired) electrons. The topological polar surface area (TPSA) is 43.8 Å². The lowest BCUT2D eigenvalue weighted by Crippen LogP contribution is -2.45. The number of hydrogen-bond acceptors (Lipinski definition) is 3. The molecule has 2 aliphatic rings. The molecule has 0 saturated carbocycles. The Balaban J connectivity index is 1.73. The van der Waals surface area contributed by atoms with E-state index in [0.29, 0.717) is 18.4 Å². The van der Waals surface area contributed by atoms with Crippen LogP contribution >= 0.6 is 0 Å². The van der Waals surface area contributed by atoms with Gasteiger partial charge in [0.05, 0.1) is 12.6 Å². The summed E-state index contributed by atoms with van der Waals surface area (Å²) in [6, 6.07) is 0. The van der Waals surface area contributed by atoms with Gasteiger partial charge in [-0.1, -0.05) is 19.3 Å². The van der Waals surface area contributed by atoms with E-state index in [1.807, 2.05) is 6.92 Å². The highest BCUT2D eigenvalue weighted by molar-refractivity contribution is 5.78. The normalized spacial score (nSPS) is 25.0. The van der Waals surface area contributed by atoms with E-state index in [1.54, 1.807) is 0 Å². The molecule has 4 nitrogen and oxygen atoms in total. The maximum atomic E-state index is 12.4. The van der Waals surface area contributed by atoms with Gasteiger partial charge >= 0.3 is 0 Å². The molecule has 2 saturated heterocycles. The average molecular weight is 282 g/mol. The lowest BCUT2D eigenvalue weighted by atomic mass is 9.92. The number of carbonyl (C=O) groups is 1. The van der Waals surface area contributed by atoms with Gasteiger partial charge in [0.1, 0.15) is 0 Å². The highest BCUT2D eigenvalue weighted by atomic mass is 16.3. The van der Waals surface area contributed by atoms with Gasteiger partial charge in [0.2, 0.25) is 5.91 Å². The van der Waals surface area contributed by atoms with Gasteiger partial charge in [-0.3, -0.25) is 9.69 Å². The third-order valence-corrected chi connectivity index (χ3v) is 4.88. The van der Waals surface area contributed by atoms with E-state index in [0.717, 1.165) is 51.9 Å². The van der Waals surface area contributed by atoms with Crippen LogP contribution in [0.15, 0.2) is 0 Å². The first kappa shape index (κ1) is 15.8. The Morgan fingerprint density at radius 1 is 1.05 bits per heavy atom. The summed E-state index contributed by atoms with van der Waals surface area (Å²) in [6.45, 7) is 6.26. The van der Waals surface area contributed by atoms with Gasteiger partial charge in [-0.2, -0.15) is 0 Å². The second kappa shape index (κ2) is 7.99. The van der Waals surface area contributed by atoms with Crippen LogP contribution in [0, 0.1) is 5.92 Å². The maximum absolute atomic E-state index is 12.4. The first-order chi connectivity index (χ1) is 9.66. The zero-order chi connectivity index (χ0) is 14.4. The molecule has 0 aliphatic carbocycles. The first-order valence-corrected chi connectivity index (χ1v) is 8.35. The standard InChI is InChI=1S/C16H30N2O2/c1-14(19)15-7-11-17(12-8-15)13-16(20)18-9-5-3-2-4-6-10-18/h14-15,19H,2-13H2,1H3. The van der Waals surface area contributed by atoms with Crippen molar-refractivity contribution < 1.29 is 9.90 Å². The van der Waals surface area contributed by atoms with Gasteiger partial charge in [-0.05, 0) is 51.6 Å². The molecule has 1 atom stereocenters. The predicted octanol–water partition coefficient (Wildman–Crippen LogP) is 1.87. The fourth-order valence-corrected chi connectivity index (χ4v) is 3.38. The molecule has 2 rings (SSSR count). The quantitative estimate of drug-likeness (QED) is 0.859. The van der Waals surface area contributed by atoms with Crippen molar-refractivity contribution in [2.24, 2.45) is 5.92 Å². The Kier molecular flexibility index (Phi) is 6.30. The van der Waals surface area contributed by atoms with Crippen molar-refractivity contribution in [1.82, 2.24) is 9.80 Å². The molecular weight excluding hydrogens is 252 g/mol. The summed E-state index contributed by atoms with van der Waals surface area (Å²) in [5.41, 5.74) is 0. The van der Waals surface area contributed by atoms with Crippen molar-refractivity contribution in [1.29, 1.82) is 0 Å². The van der Waals surface area contributed by atoms with Crippen LogP contribution in [-0.2, 0) is 4.79 Å². The summed E-state index contributed by atoms with van der Waals surface area (Å²) in [4.78, 5) is 16.7. The van der Waals surface area contributed by atoms with Crippen LogP contribution in [0.5, 0.6) is 0 Å². The van der Waals surface area contributed by atoms with Crippen LogP contribution in [0.25, 0.3) is 0 Å². The number of amides is 1. The molecule has 1 unspecified atom stereocenters. The van der Waals surface area contributed by atoms with Crippen molar-refractivity contribution >= 4 is 5.91 Å². The number of nitrogens with zero attached hydrogens (tertiary/aromatic N) is 2. The Morgan fingerprint density at radius 3 is 2.15 bits per heavy atom. The monoisotopic (exact) mass is 282 g/mol. The molecule has 1 N–H and O–H groups in total. The Bertz CT molecular complexity index is 291. The van der Waals surface area contributed by atoms with Crippen molar-refractivity contribution in [3.8, 4) is 0 Å². The lowest BCUT2D eigenvalue weighted by molar-refractivity contribution is -0.133. The minimum absolute atomic E-state index is 0.206. The molecule has 4 heteroatoms. The molecule has 2 heterocycles. The van der Waals surface area contributed by atoms with Crippen molar-refractivity contribution in [2.45, 2.75) is 58.0 Å². The van der Waals surface area contributed by atoms with Gasteiger partial charge in [-0.15, -0.1) is 0 Å². The molecule has 0 aromatic heterocycles. The van der Waals surface area contributed by atoms with Crippen LogP contribution in [0.1, 0.15) is 51.9 Å². The summed E-state index contributed by atoms with van der Waals surface area (Å²) in [6.07, 6.45) is 8.02. The summed E-state index contributed by atoms with van der Waals surface area (Å²) in [5, 5.41) is 9.61. The second-order valence-electron chi connectivity index (χ2n) is 6.50. The number of piperidine rings is 1. The number of aliphatic hydroxyl groups is 1. The lowest BCUT2D eigenvalue weighted by Gasteiger charge is -2.34. The molecule has 0 bridgehead atoms. The van der Waals surface area contributed by atoms with Crippen LogP contribution in [-0.4, -0.2) is 59.6 Å². The average Bonchev–Trinajstić information content (AvgIpc) is 2.38. The molecule has 0 aromatic carbocycles. The minimum Gasteiger partial charge on any atom is -0.393 e. The van der Waals surface area contributed by atoms with Crippen LogP contribution in [0.4, 0.5) is 0 Å². The summed E-state index contributed by atoms with van der Waals surface area (Å²) >= 11 is 0. The van der Waals surface area contributed by atoms with E-state index in [1.165, 1.54) is 19.3 Å². The van der Waals surface area contributed by atoms with E-state index in [-0.39, 0.29) is 6.10 Å². The molecular formula is C16H30N2O2. The number of carbonyl (C=O) groups excluding carboxylic acids is 1. The van der Waals surface area contributed by atoms with Gasteiger partial charge in [0.15, 0.2) is 0 Å². The highest BCUT2D eigenvalue weighted by Gasteiger charge is 2.25. The molecule has 116 valence electrons. The van der Waals surface area contributed by atoms with Gasteiger partial charge in [0.25, 0.3) is 0 Å². The Morgan fingerprint density at radius 2 is 1.60 bits per heavy atom. The van der Waals surface area contributed by atoms with E-state index < -0.39 is 0 Å². The van der Waals surface area contributed by atoms with Crippen LogP contribution in [0.3, 0.4) is 0 Å². The van der Waals surface area contributed by atoms with E-state index in [2.05, 4.69) is 9.80 Å². The SMILES string of the molecule is CC(O)C1CCN(CC(=O)N2CCCCCCC2)CC1. The van der Waals surface area contributed by atoms with Crippen molar-refractivity contribution in [3.63, 3.8) is 0 Å². The number of likely N-dealkylation sites (tertiary alicyclic amines) is 2. The third-order valence-electron chi connectivity index (χ3n) is 4.88. The first-order valence-electron chi connectivity index (χ1n) is 8.35. The molecule has 0 aromatic rings. The zero-order valence-electron chi connectivity index (χ0n) is 12.9. The second-order valence-corrected chi connectivity index (χ2v) is 6.50. The zero-order valence-corrected chi connectivity index (χ0v) is 12.9. The smallest absolute Gasteiger partial charge is 0.236 e. The summed E-state index contributed by atoms with van der Waals surface area (Å²) in [5.74, 6) is 0.727. The van der Waals surface area contributed by atoms with Crippen molar-refractivity contribution in [2.75, 3.05) is 32.7 Å². The third kappa shape index (κ3) is 4.74. The molecule has 2 fully saturated rings. The Labute approximate surface area is 123 Å². The van der Waals surface area contributed by atoms with Gasteiger partial charge in [-0.25, -0.2) is 0 Å². The van der Waals surface area contributed by atoms with Crippen LogP contribution < -0.4 is 0 Å². The van der Waals surface area contributed by atoms with Crippen LogP contribution in [0.2, 0.25) is 0 Å². The number of aliphatic hydroxyl groups excluding tert-OH is 1. The molecule has 0 spiro atoms. The Hall–Kier alpha value is -0.610. The van der Waals surface area contributed by atoms with E-state index in [4.69, 9.17) is 0 Å². The molecule has 20 heavy (non-hydrogen) atoms. The summed E-state index contributed by atoms with van der Waals surface area (Å²) in [7, 11) is 0. The predicted molar refractivity (Wildman–Crippen MR) is 80.5 cm³/mol. The number of hydrogen-bond donors (Lipinski definition) is 1. The molecule has 1 amide bonds. The fourth-order valence-electron chi connectivity index (χ4n) is 3.38. The maximum Gasteiger partial charge on any atom is 0.236 e. The van der Waals surface area contributed by atoms with E-state index in [9.17, 15) is 9.90 Å².